The molecule has 2 nitrogen and oxygen atoms in total. The van der Waals surface area contributed by atoms with E-state index in [4.69, 9.17) is 5.11 Å². The Morgan fingerprint density at radius 1 is 0.913 bits per heavy atom. The van der Waals surface area contributed by atoms with Gasteiger partial charge in [-0.1, -0.05) is 79.9 Å². The smallest absolute Gasteiger partial charge is 0.0681 e. The van der Waals surface area contributed by atoms with Crippen molar-refractivity contribution in [2.45, 2.75) is 57.7 Å². The summed E-state index contributed by atoms with van der Waals surface area (Å²) in [5.74, 6) is 0. The SMILES string of the molecule is CC(NC1CCCCC1)c1ccccc1.OCc1ccccc1. The highest BCUT2D eigenvalue weighted by Crippen LogP contribution is 2.21. The lowest BCUT2D eigenvalue weighted by Gasteiger charge is -2.26. The number of hydrogen-bond acceptors (Lipinski definition) is 2. The lowest BCUT2D eigenvalue weighted by Crippen LogP contribution is -2.33. The summed E-state index contributed by atoms with van der Waals surface area (Å²) in [5, 5.41) is 12.3. The monoisotopic (exact) mass is 311 g/mol. The van der Waals surface area contributed by atoms with Gasteiger partial charge in [-0.05, 0) is 30.9 Å². The predicted octanol–water partition coefficient (Wildman–Crippen LogP) is 4.85. The molecule has 2 N–H and O–H groups in total. The normalized spacial score (nSPS) is 16.3. The fourth-order valence-electron chi connectivity index (χ4n) is 3.04. The third kappa shape index (κ3) is 6.55. The van der Waals surface area contributed by atoms with Gasteiger partial charge in [-0.3, -0.25) is 0 Å². The zero-order valence-electron chi connectivity index (χ0n) is 14.1. The third-order valence-corrected chi connectivity index (χ3v) is 4.42. The van der Waals surface area contributed by atoms with E-state index in [-0.39, 0.29) is 6.61 Å². The van der Waals surface area contributed by atoms with Gasteiger partial charge >= 0.3 is 0 Å². The summed E-state index contributed by atoms with van der Waals surface area (Å²) >= 11 is 0. The number of nitrogens with one attached hydrogen (secondary N) is 1. The molecule has 23 heavy (non-hydrogen) atoms. The molecule has 0 aromatic heterocycles. The van der Waals surface area contributed by atoms with E-state index in [1.54, 1.807) is 0 Å². The van der Waals surface area contributed by atoms with Crippen molar-refractivity contribution in [1.82, 2.24) is 5.32 Å². The molecule has 1 aliphatic rings. The van der Waals surface area contributed by atoms with E-state index in [1.165, 1.54) is 37.7 Å². The summed E-state index contributed by atoms with van der Waals surface area (Å²) in [6.07, 6.45) is 6.95. The van der Waals surface area contributed by atoms with Crippen LogP contribution in [-0.2, 0) is 6.61 Å². The van der Waals surface area contributed by atoms with Gasteiger partial charge in [0.25, 0.3) is 0 Å². The molecule has 0 radical (unpaired) electrons. The zero-order chi connectivity index (χ0) is 16.3. The third-order valence-electron chi connectivity index (χ3n) is 4.42. The molecule has 1 saturated carbocycles. The van der Waals surface area contributed by atoms with Gasteiger partial charge in [0.15, 0.2) is 0 Å². The Labute approximate surface area is 140 Å². The van der Waals surface area contributed by atoms with Gasteiger partial charge in [0.05, 0.1) is 6.61 Å². The molecule has 3 rings (SSSR count). The maximum Gasteiger partial charge on any atom is 0.0681 e. The van der Waals surface area contributed by atoms with Crippen LogP contribution in [0.5, 0.6) is 0 Å². The molecule has 124 valence electrons. The summed E-state index contributed by atoms with van der Waals surface area (Å²) < 4.78 is 0. The summed E-state index contributed by atoms with van der Waals surface area (Å²) in [6, 6.07) is 21.5. The molecule has 0 aliphatic heterocycles. The topological polar surface area (TPSA) is 32.3 Å². The van der Waals surface area contributed by atoms with Crippen molar-refractivity contribution in [1.29, 1.82) is 0 Å². The Morgan fingerprint density at radius 2 is 1.48 bits per heavy atom. The summed E-state index contributed by atoms with van der Waals surface area (Å²) in [6.45, 7) is 2.41. The largest absolute Gasteiger partial charge is 0.392 e. The van der Waals surface area contributed by atoms with Gasteiger partial charge < -0.3 is 10.4 Å². The van der Waals surface area contributed by atoms with Crippen molar-refractivity contribution in [3.63, 3.8) is 0 Å². The second-order valence-electron chi connectivity index (χ2n) is 6.28. The van der Waals surface area contributed by atoms with E-state index in [1.807, 2.05) is 30.3 Å². The molecule has 0 spiro atoms. The van der Waals surface area contributed by atoms with Gasteiger partial charge in [0.1, 0.15) is 0 Å². The maximum absolute atomic E-state index is 8.54. The van der Waals surface area contributed by atoms with E-state index in [9.17, 15) is 0 Å². The molecule has 0 bridgehead atoms. The Kier molecular flexibility index (Phi) is 7.85. The Hall–Kier alpha value is -1.64. The Balaban J connectivity index is 0.000000203. The first-order chi connectivity index (χ1) is 11.3. The van der Waals surface area contributed by atoms with E-state index < -0.39 is 0 Å². The van der Waals surface area contributed by atoms with Crippen molar-refractivity contribution in [3.05, 3.63) is 71.8 Å². The molecular formula is C21H29NO. The minimum Gasteiger partial charge on any atom is -0.392 e. The van der Waals surface area contributed by atoms with Crippen LogP contribution in [-0.4, -0.2) is 11.1 Å². The second kappa shape index (κ2) is 10.2. The van der Waals surface area contributed by atoms with Crippen LogP contribution in [0, 0.1) is 0 Å². The Bertz CT molecular complexity index is 520. The zero-order valence-corrected chi connectivity index (χ0v) is 14.1. The van der Waals surface area contributed by atoms with Crippen LogP contribution in [0.3, 0.4) is 0 Å². The summed E-state index contributed by atoms with van der Waals surface area (Å²) in [5.41, 5.74) is 2.37. The van der Waals surface area contributed by atoms with Crippen LogP contribution in [0.25, 0.3) is 0 Å². The van der Waals surface area contributed by atoms with E-state index >= 15 is 0 Å². The first-order valence-electron chi connectivity index (χ1n) is 8.75. The highest BCUT2D eigenvalue weighted by Gasteiger charge is 2.15. The van der Waals surface area contributed by atoms with Crippen molar-refractivity contribution in [3.8, 4) is 0 Å². The average molecular weight is 311 g/mol. The van der Waals surface area contributed by atoms with Gasteiger partial charge in [-0.15, -0.1) is 0 Å². The number of aliphatic hydroxyl groups excluding tert-OH is 1. The van der Waals surface area contributed by atoms with E-state index in [0.717, 1.165) is 11.6 Å². The lowest BCUT2D eigenvalue weighted by atomic mass is 9.94. The highest BCUT2D eigenvalue weighted by atomic mass is 16.3. The molecule has 0 heterocycles. The maximum atomic E-state index is 8.54. The van der Waals surface area contributed by atoms with Crippen molar-refractivity contribution >= 4 is 0 Å². The number of hydrogen-bond donors (Lipinski definition) is 2. The molecule has 1 aliphatic carbocycles. The lowest BCUT2D eigenvalue weighted by molar-refractivity contribution is 0.282. The summed E-state index contributed by atoms with van der Waals surface area (Å²) in [7, 11) is 0. The van der Waals surface area contributed by atoms with Crippen LogP contribution in [0.1, 0.15) is 56.2 Å². The van der Waals surface area contributed by atoms with Gasteiger partial charge in [0.2, 0.25) is 0 Å². The first-order valence-corrected chi connectivity index (χ1v) is 8.75. The molecule has 1 atom stereocenters. The van der Waals surface area contributed by atoms with Crippen molar-refractivity contribution in [2.24, 2.45) is 0 Å². The fourth-order valence-corrected chi connectivity index (χ4v) is 3.04. The minimum atomic E-state index is 0.140. The van der Waals surface area contributed by atoms with Gasteiger partial charge in [-0.25, -0.2) is 0 Å². The van der Waals surface area contributed by atoms with Crippen LogP contribution >= 0.6 is 0 Å². The number of aliphatic hydroxyl groups is 1. The van der Waals surface area contributed by atoms with Crippen molar-refractivity contribution in [2.75, 3.05) is 0 Å². The summed E-state index contributed by atoms with van der Waals surface area (Å²) in [4.78, 5) is 0. The minimum absolute atomic E-state index is 0.140. The van der Waals surface area contributed by atoms with Gasteiger partial charge in [0, 0.05) is 12.1 Å². The first kappa shape index (κ1) is 17.7. The molecule has 2 heteroatoms. The fraction of sp³-hybridized carbons (Fsp3) is 0.429. The number of benzene rings is 2. The molecule has 2 aromatic rings. The Morgan fingerprint density at radius 3 is 2.00 bits per heavy atom. The van der Waals surface area contributed by atoms with Crippen LogP contribution in [0.4, 0.5) is 0 Å². The number of rotatable bonds is 4. The standard InChI is InChI=1S/C14H21N.C7H8O/c1-12(13-8-4-2-5-9-13)15-14-10-6-3-7-11-14;8-6-7-4-2-1-3-5-7/h2,4-5,8-9,12,14-15H,3,6-7,10-11H2,1H3;1-5,8H,6H2. The molecule has 2 aromatic carbocycles. The van der Waals surface area contributed by atoms with Crippen LogP contribution in [0.15, 0.2) is 60.7 Å². The van der Waals surface area contributed by atoms with E-state index in [0.29, 0.717) is 6.04 Å². The van der Waals surface area contributed by atoms with Crippen LogP contribution < -0.4 is 5.32 Å². The van der Waals surface area contributed by atoms with Gasteiger partial charge in [-0.2, -0.15) is 0 Å². The molecule has 0 amide bonds. The average Bonchev–Trinajstić information content (AvgIpc) is 2.64. The quantitative estimate of drug-likeness (QED) is 0.846. The van der Waals surface area contributed by atoms with Crippen molar-refractivity contribution < 1.29 is 5.11 Å². The van der Waals surface area contributed by atoms with E-state index in [2.05, 4.69) is 42.6 Å². The predicted molar refractivity (Wildman–Crippen MR) is 97.2 cm³/mol. The highest BCUT2D eigenvalue weighted by molar-refractivity contribution is 5.18. The molecule has 1 fully saturated rings. The second-order valence-corrected chi connectivity index (χ2v) is 6.28. The molecule has 0 saturated heterocycles. The van der Waals surface area contributed by atoms with Crippen LogP contribution in [0.2, 0.25) is 0 Å². The molecule has 1 unspecified atom stereocenters. The molecular weight excluding hydrogens is 282 g/mol.